The van der Waals surface area contributed by atoms with E-state index in [-0.39, 0.29) is 12.0 Å². The molecule has 2 aromatic rings. The van der Waals surface area contributed by atoms with Crippen LogP contribution < -0.4 is 5.32 Å². The summed E-state index contributed by atoms with van der Waals surface area (Å²) in [6.07, 6.45) is 12.6. The number of unbranched alkanes of at least 4 members (excludes halogenated alkanes) is 6. The molecule has 2 N–H and O–H groups in total. The van der Waals surface area contributed by atoms with Gasteiger partial charge in [0.1, 0.15) is 5.69 Å². The molecule has 0 aliphatic heterocycles. The minimum atomic E-state index is -0.179. The van der Waals surface area contributed by atoms with E-state index in [0.717, 1.165) is 37.8 Å². The molecule has 6 nitrogen and oxygen atoms in total. The van der Waals surface area contributed by atoms with Gasteiger partial charge in [-0.3, -0.25) is 14.5 Å². The first-order chi connectivity index (χ1) is 13.1. The van der Waals surface area contributed by atoms with Crippen LogP contribution in [0.25, 0.3) is 11.4 Å². The summed E-state index contributed by atoms with van der Waals surface area (Å²) in [5, 5.41) is 16.6. The summed E-state index contributed by atoms with van der Waals surface area (Å²) in [6.45, 7) is 1.84. The molecule has 1 unspecified atom stereocenters. The molecule has 2 heterocycles. The molecule has 148 valence electrons. The lowest BCUT2D eigenvalue weighted by molar-refractivity contribution is -0.116. The molecule has 1 amide bonds. The zero-order chi connectivity index (χ0) is 19.5. The van der Waals surface area contributed by atoms with E-state index >= 15 is 0 Å². The highest BCUT2D eigenvalue weighted by molar-refractivity contribution is 5.94. The van der Waals surface area contributed by atoms with Crippen molar-refractivity contribution in [1.29, 1.82) is 0 Å². The summed E-state index contributed by atoms with van der Waals surface area (Å²) in [5.41, 5.74) is 2.16. The van der Waals surface area contributed by atoms with Crippen molar-refractivity contribution in [1.82, 2.24) is 14.8 Å². The van der Waals surface area contributed by atoms with Crippen molar-refractivity contribution in [2.75, 3.05) is 5.32 Å². The van der Waals surface area contributed by atoms with Crippen LogP contribution in [0.3, 0.4) is 0 Å². The number of aliphatic hydroxyl groups is 1. The van der Waals surface area contributed by atoms with Gasteiger partial charge in [-0.1, -0.05) is 44.6 Å². The third-order valence-corrected chi connectivity index (χ3v) is 4.54. The number of anilines is 1. The van der Waals surface area contributed by atoms with E-state index in [1.165, 1.54) is 19.3 Å². The summed E-state index contributed by atoms with van der Waals surface area (Å²) < 4.78 is 1.69. The summed E-state index contributed by atoms with van der Waals surface area (Å²) in [7, 11) is 1.84. The number of hydrogen-bond acceptors (Lipinski definition) is 4. The number of aryl methyl sites for hydroxylation is 1. The summed E-state index contributed by atoms with van der Waals surface area (Å²) in [4.78, 5) is 16.6. The normalized spacial score (nSPS) is 12.1. The maximum Gasteiger partial charge on any atom is 0.224 e. The van der Waals surface area contributed by atoms with E-state index in [2.05, 4.69) is 15.4 Å². The van der Waals surface area contributed by atoms with Crippen LogP contribution in [0.4, 0.5) is 5.69 Å². The van der Waals surface area contributed by atoms with Gasteiger partial charge in [0.2, 0.25) is 5.91 Å². The lowest BCUT2D eigenvalue weighted by Crippen LogP contribution is -2.11. The van der Waals surface area contributed by atoms with Crippen LogP contribution in [0.15, 0.2) is 30.6 Å². The predicted octanol–water partition coefficient (Wildman–Crippen LogP) is 4.31. The molecule has 0 saturated carbocycles. The Morgan fingerprint density at radius 1 is 1.15 bits per heavy atom. The van der Waals surface area contributed by atoms with E-state index in [1.54, 1.807) is 10.9 Å². The standard InChI is InChI=1S/C21H32N4O2/c1-17(26)12-8-6-4-3-5-7-9-14-20(27)23-19-16-25(2)24-21(19)18-13-10-11-15-22-18/h10-11,13,15-17,26H,3-9,12,14H2,1-2H3,(H,23,27). The topological polar surface area (TPSA) is 80.0 Å². The Morgan fingerprint density at radius 3 is 2.52 bits per heavy atom. The first-order valence-electron chi connectivity index (χ1n) is 9.99. The van der Waals surface area contributed by atoms with Crippen molar-refractivity contribution in [3.8, 4) is 11.4 Å². The Morgan fingerprint density at radius 2 is 1.85 bits per heavy atom. The Hall–Kier alpha value is -2.21. The molecule has 0 radical (unpaired) electrons. The zero-order valence-corrected chi connectivity index (χ0v) is 16.5. The van der Waals surface area contributed by atoms with Crippen LogP contribution in [0.1, 0.15) is 64.7 Å². The van der Waals surface area contributed by atoms with Crippen LogP contribution >= 0.6 is 0 Å². The maximum atomic E-state index is 12.3. The molecule has 2 rings (SSSR count). The monoisotopic (exact) mass is 372 g/mol. The fourth-order valence-corrected chi connectivity index (χ4v) is 3.09. The Bertz CT molecular complexity index is 683. The van der Waals surface area contributed by atoms with Gasteiger partial charge in [0.25, 0.3) is 0 Å². The van der Waals surface area contributed by atoms with E-state index in [0.29, 0.717) is 17.8 Å². The van der Waals surface area contributed by atoms with E-state index in [9.17, 15) is 9.90 Å². The number of pyridine rings is 1. The molecule has 0 fully saturated rings. The van der Waals surface area contributed by atoms with E-state index in [1.807, 2.05) is 38.4 Å². The fourth-order valence-electron chi connectivity index (χ4n) is 3.09. The first kappa shape index (κ1) is 21.1. The SMILES string of the molecule is CC(O)CCCCCCCCCC(=O)Nc1cn(C)nc1-c1ccccn1. The highest BCUT2D eigenvalue weighted by atomic mass is 16.3. The lowest BCUT2D eigenvalue weighted by atomic mass is 10.1. The molecule has 2 aromatic heterocycles. The van der Waals surface area contributed by atoms with Crippen molar-refractivity contribution >= 4 is 11.6 Å². The molecule has 0 aliphatic carbocycles. The van der Waals surface area contributed by atoms with Gasteiger partial charge in [-0.15, -0.1) is 0 Å². The highest BCUT2D eigenvalue weighted by Gasteiger charge is 2.13. The van der Waals surface area contributed by atoms with Gasteiger partial charge in [0.05, 0.1) is 17.5 Å². The van der Waals surface area contributed by atoms with Gasteiger partial charge < -0.3 is 10.4 Å². The van der Waals surface area contributed by atoms with Crippen LogP contribution in [0.5, 0.6) is 0 Å². The zero-order valence-electron chi connectivity index (χ0n) is 16.5. The molecular weight excluding hydrogens is 340 g/mol. The summed E-state index contributed by atoms with van der Waals surface area (Å²) >= 11 is 0. The fraction of sp³-hybridized carbons (Fsp3) is 0.571. The summed E-state index contributed by atoms with van der Waals surface area (Å²) in [5.74, 6) is 0.0251. The van der Waals surface area contributed by atoms with Crippen LogP contribution in [-0.4, -0.2) is 31.9 Å². The Kier molecular flexibility index (Phi) is 8.98. The predicted molar refractivity (Wildman–Crippen MR) is 108 cm³/mol. The molecular formula is C21H32N4O2. The van der Waals surface area contributed by atoms with Crippen LogP contribution in [0, 0.1) is 0 Å². The Labute approximate surface area is 162 Å². The molecule has 0 saturated heterocycles. The minimum Gasteiger partial charge on any atom is -0.393 e. The number of carbonyl (C=O) groups is 1. The summed E-state index contributed by atoms with van der Waals surface area (Å²) in [6, 6.07) is 5.66. The van der Waals surface area contributed by atoms with Crippen molar-refractivity contribution in [3.63, 3.8) is 0 Å². The van der Waals surface area contributed by atoms with E-state index in [4.69, 9.17) is 0 Å². The van der Waals surface area contributed by atoms with Crippen LogP contribution in [-0.2, 0) is 11.8 Å². The molecule has 0 spiro atoms. The van der Waals surface area contributed by atoms with Gasteiger partial charge in [-0.2, -0.15) is 5.10 Å². The largest absolute Gasteiger partial charge is 0.393 e. The number of carbonyl (C=O) groups excluding carboxylic acids is 1. The van der Waals surface area contributed by atoms with Gasteiger partial charge in [-0.05, 0) is 31.9 Å². The highest BCUT2D eigenvalue weighted by Crippen LogP contribution is 2.24. The molecule has 0 bridgehead atoms. The van der Waals surface area contributed by atoms with Crippen molar-refractivity contribution in [2.24, 2.45) is 7.05 Å². The Balaban J connectivity index is 1.65. The van der Waals surface area contributed by atoms with Crippen molar-refractivity contribution in [2.45, 2.75) is 70.8 Å². The van der Waals surface area contributed by atoms with Gasteiger partial charge >= 0.3 is 0 Å². The van der Waals surface area contributed by atoms with E-state index < -0.39 is 0 Å². The van der Waals surface area contributed by atoms with Gasteiger partial charge in [-0.25, -0.2) is 0 Å². The maximum absolute atomic E-state index is 12.3. The minimum absolute atomic E-state index is 0.0251. The van der Waals surface area contributed by atoms with Gasteiger partial charge in [0, 0.05) is 25.9 Å². The molecule has 27 heavy (non-hydrogen) atoms. The first-order valence-corrected chi connectivity index (χ1v) is 9.99. The average molecular weight is 373 g/mol. The second-order valence-electron chi connectivity index (χ2n) is 7.19. The number of amides is 1. The second-order valence-corrected chi connectivity index (χ2v) is 7.19. The van der Waals surface area contributed by atoms with Gasteiger partial charge in [0.15, 0.2) is 0 Å². The third kappa shape index (κ3) is 7.91. The molecule has 0 aromatic carbocycles. The smallest absolute Gasteiger partial charge is 0.224 e. The molecule has 0 aliphatic rings. The number of rotatable bonds is 12. The lowest BCUT2D eigenvalue weighted by Gasteiger charge is -2.06. The number of nitrogens with zero attached hydrogens (tertiary/aromatic N) is 3. The quantitative estimate of drug-likeness (QED) is 0.544. The average Bonchev–Trinajstić information content (AvgIpc) is 3.01. The number of hydrogen-bond donors (Lipinski definition) is 2. The molecule has 1 atom stereocenters. The number of aliphatic hydroxyl groups excluding tert-OH is 1. The number of aromatic nitrogens is 3. The van der Waals surface area contributed by atoms with Crippen LogP contribution in [0.2, 0.25) is 0 Å². The van der Waals surface area contributed by atoms with Crippen molar-refractivity contribution in [3.05, 3.63) is 30.6 Å². The third-order valence-electron chi connectivity index (χ3n) is 4.54. The second kappa shape index (κ2) is 11.5. The molecule has 6 heteroatoms. The van der Waals surface area contributed by atoms with Crippen molar-refractivity contribution < 1.29 is 9.90 Å². The number of nitrogens with one attached hydrogen (secondary N) is 1.